The van der Waals surface area contributed by atoms with E-state index >= 15 is 0 Å². The Morgan fingerprint density at radius 1 is 1.67 bits per heavy atom. The van der Waals surface area contributed by atoms with E-state index in [4.69, 9.17) is 10.2 Å². The first kappa shape index (κ1) is 4.43. The summed E-state index contributed by atoms with van der Waals surface area (Å²) in [5, 5.41) is 3.88. The predicted octanol–water partition coefficient (Wildman–Crippen LogP) is 0.510. The van der Waals surface area contributed by atoms with Gasteiger partial charge in [-0.3, -0.25) is 0 Å². The number of rotatable bonds is 0. The Morgan fingerprint density at radius 3 is 3.33 bits per heavy atom. The molecule has 0 aliphatic heterocycles. The minimum absolute atomic E-state index is 0.569. The fraction of sp³-hybridized carbons (Fsp3) is 0. The zero-order valence-corrected chi connectivity index (χ0v) is 4.61. The Bertz CT molecular complexity index is 321. The van der Waals surface area contributed by atoms with E-state index in [0.29, 0.717) is 11.4 Å². The zero-order chi connectivity index (χ0) is 6.27. The number of anilines is 1. The van der Waals surface area contributed by atoms with Crippen LogP contribution in [-0.2, 0) is 0 Å². The van der Waals surface area contributed by atoms with Crippen LogP contribution >= 0.6 is 0 Å². The number of fused-ring (bicyclic) bond motifs is 1. The van der Waals surface area contributed by atoms with Gasteiger partial charge in [0.05, 0.1) is 12.4 Å². The molecule has 4 nitrogen and oxygen atoms in total. The standard InChI is InChI=1S/C5H5N3O/c6-4-3-7-8-1-2-9-5(4)8/h1-3H,6H2. The van der Waals surface area contributed by atoms with Crippen LogP contribution in [0.15, 0.2) is 23.1 Å². The average Bonchev–Trinajstić information content (AvgIpc) is 2.35. The van der Waals surface area contributed by atoms with Crippen molar-refractivity contribution >= 4 is 11.4 Å². The molecule has 0 spiro atoms. The molecule has 46 valence electrons. The Hall–Kier alpha value is -1.45. The molecule has 0 aliphatic rings. The topological polar surface area (TPSA) is 56.5 Å². The second-order valence-corrected chi connectivity index (χ2v) is 1.75. The van der Waals surface area contributed by atoms with E-state index in [1.165, 1.54) is 0 Å². The lowest BCUT2D eigenvalue weighted by atomic mass is 10.6. The van der Waals surface area contributed by atoms with Gasteiger partial charge in [-0.15, -0.1) is 0 Å². The molecule has 0 aromatic carbocycles. The van der Waals surface area contributed by atoms with E-state index < -0.39 is 0 Å². The third-order valence-electron chi connectivity index (χ3n) is 1.16. The van der Waals surface area contributed by atoms with E-state index in [-0.39, 0.29) is 0 Å². The second kappa shape index (κ2) is 1.28. The van der Waals surface area contributed by atoms with Gasteiger partial charge in [-0.2, -0.15) is 5.10 Å². The Labute approximate surface area is 50.9 Å². The SMILES string of the molecule is Nc1cnn2ccoc12. The lowest BCUT2D eigenvalue weighted by Gasteiger charge is -1.76. The van der Waals surface area contributed by atoms with Crippen LogP contribution in [0.4, 0.5) is 5.69 Å². The van der Waals surface area contributed by atoms with Crippen LogP contribution < -0.4 is 5.73 Å². The van der Waals surface area contributed by atoms with Crippen molar-refractivity contribution in [3.8, 4) is 0 Å². The van der Waals surface area contributed by atoms with E-state index in [1.54, 1.807) is 23.2 Å². The summed E-state index contributed by atoms with van der Waals surface area (Å²) in [4.78, 5) is 0. The maximum Gasteiger partial charge on any atom is 0.245 e. The van der Waals surface area contributed by atoms with Crippen LogP contribution in [0, 0.1) is 0 Å². The molecule has 0 saturated carbocycles. The lowest BCUT2D eigenvalue weighted by molar-refractivity contribution is 0.607. The van der Waals surface area contributed by atoms with Crippen molar-refractivity contribution < 1.29 is 4.42 Å². The molecule has 0 saturated heterocycles. The molecule has 0 fully saturated rings. The largest absolute Gasteiger partial charge is 0.443 e. The molecular formula is C5H5N3O. The highest BCUT2D eigenvalue weighted by Crippen LogP contribution is 2.11. The molecule has 9 heavy (non-hydrogen) atoms. The molecule has 0 atom stereocenters. The van der Waals surface area contributed by atoms with E-state index in [9.17, 15) is 0 Å². The van der Waals surface area contributed by atoms with Crippen molar-refractivity contribution in [2.24, 2.45) is 0 Å². The monoisotopic (exact) mass is 123 g/mol. The molecule has 0 radical (unpaired) electrons. The normalized spacial score (nSPS) is 10.7. The summed E-state index contributed by atoms with van der Waals surface area (Å²) in [6.07, 6.45) is 4.79. The number of hydrogen-bond donors (Lipinski definition) is 1. The molecule has 0 bridgehead atoms. The number of nitrogen functional groups attached to an aromatic ring is 1. The molecule has 2 N–H and O–H groups in total. The maximum atomic E-state index is 5.44. The Kier molecular flexibility index (Phi) is 0.631. The van der Waals surface area contributed by atoms with Crippen molar-refractivity contribution in [1.29, 1.82) is 0 Å². The highest BCUT2D eigenvalue weighted by molar-refractivity contribution is 5.60. The van der Waals surface area contributed by atoms with Gasteiger partial charge in [-0.25, -0.2) is 4.52 Å². The molecule has 2 rings (SSSR count). The number of oxazole rings is 1. The first-order valence-electron chi connectivity index (χ1n) is 2.54. The van der Waals surface area contributed by atoms with Gasteiger partial charge >= 0.3 is 0 Å². The molecule has 2 aromatic rings. The first-order chi connectivity index (χ1) is 4.38. The highest BCUT2D eigenvalue weighted by atomic mass is 16.3. The third-order valence-corrected chi connectivity index (χ3v) is 1.16. The fourth-order valence-electron chi connectivity index (χ4n) is 0.745. The zero-order valence-electron chi connectivity index (χ0n) is 4.61. The summed E-state index contributed by atoms with van der Waals surface area (Å²) < 4.78 is 6.54. The maximum absolute atomic E-state index is 5.44. The summed E-state index contributed by atoms with van der Waals surface area (Å²) in [5.41, 5.74) is 6.62. The smallest absolute Gasteiger partial charge is 0.245 e. The van der Waals surface area contributed by atoms with Crippen LogP contribution in [0.25, 0.3) is 5.71 Å². The summed E-state index contributed by atoms with van der Waals surface area (Å²) >= 11 is 0. The van der Waals surface area contributed by atoms with Gasteiger partial charge in [0.1, 0.15) is 12.0 Å². The summed E-state index contributed by atoms with van der Waals surface area (Å²) in [5.74, 6) is 0. The summed E-state index contributed by atoms with van der Waals surface area (Å²) in [6.45, 7) is 0. The van der Waals surface area contributed by atoms with Crippen LogP contribution in [0.3, 0.4) is 0 Å². The van der Waals surface area contributed by atoms with Crippen LogP contribution in [0.1, 0.15) is 0 Å². The fourth-order valence-corrected chi connectivity index (χ4v) is 0.745. The van der Waals surface area contributed by atoms with Crippen molar-refractivity contribution in [2.45, 2.75) is 0 Å². The molecule has 0 amide bonds. The number of hydrogen-bond acceptors (Lipinski definition) is 3. The molecule has 4 heteroatoms. The Morgan fingerprint density at radius 2 is 2.56 bits per heavy atom. The molecule has 0 unspecified atom stereocenters. The van der Waals surface area contributed by atoms with Crippen molar-refractivity contribution in [1.82, 2.24) is 9.61 Å². The van der Waals surface area contributed by atoms with Gasteiger partial charge in [0.2, 0.25) is 5.71 Å². The van der Waals surface area contributed by atoms with Gasteiger partial charge in [-0.05, 0) is 0 Å². The summed E-state index contributed by atoms with van der Waals surface area (Å²) in [6, 6.07) is 0. The summed E-state index contributed by atoms with van der Waals surface area (Å²) in [7, 11) is 0. The second-order valence-electron chi connectivity index (χ2n) is 1.75. The van der Waals surface area contributed by atoms with Gasteiger partial charge in [0.15, 0.2) is 0 Å². The highest BCUT2D eigenvalue weighted by Gasteiger charge is 1.99. The van der Waals surface area contributed by atoms with Gasteiger partial charge in [-0.1, -0.05) is 0 Å². The van der Waals surface area contributed by atoms with Gasteiger partial charge in [0, 0.05) is 0 Å². The minimum Gasteiger partial charge on any atom is -0.443 e. The number of aromatic nitrogens is 2. The molecular weight excluding hydrogens is 118 g/mol. The first-order valence-corrected chi connectivity index (χ1v) is 2.54. The van der Waals surface area contributed by atoms with E-state index in [2.05, 4.69) is 5.10 Å². The van der Waals surface area contributed by atoms with Crippen molar-refractivity contribution in [3.63, 3.8) is 0 Å². The predicted molar refractivity (Wildman–Crippen MR) is 31.9 cm³/mol. The molecule has 2 aromatic heterocycles. The average molecular weight is 123 g/mol. The minimum atomic E-state index is 0.569. The van der Waals surface area contributed by atoms with Crippen molar-refractivity contribution in [2.75, 3.05) is 5.73 Å². The lowest BCUT2D eigenvalue weighted by Crippen LogP contribution is -1.79. The quantitative estimate of drug-likeness (QED) is 0.555. The number of nitrogens with zero attached hydrogens (tertiary/aromatic N) is 2. The van der Waals surface area contributed by atoms with Crippen molar-refractivity contribution in [3.05, 3.63) is 18.7 Å². The molecule has 2 heterocycles. The molecule has 0 aliphatic carbocycles. The number of nitrogens with two attached hydrogens (primary N) is 1. The van der Waals surface area contributed by atoms with Gasteiger partial charge < -0.3 is 10.2 Å². The van der Waals surface area contributed by atoms with E-state index in [0.717, 1.165) is 0 Å². The van der Waals surface area contributed by atoms with Gasteiger partial charge in [0.25, 0.3) is 0 Å². The third kappa shape index (κ3) is 0.440. The van der Waals surface area contributed by atoms with Crippen LogP contribution in [0.5, 0.6) is 0 Å². The Balaban J connectivity index is 2.99. The van der Waals surface area contributed by atoms with Crippen LogP contribution in [-0.4, -0.2) is 9.61 Å². The van der Waals surface area contributed by atoms with E-state index in [1.807, 2.05) is 0 Å². The van der Waals surface area contributed by atoms with Crippen LogP contribution in [0.2, 0.25) is 0 Å².